The molecule has 0 aromatic heterocycles. The van der Waals surface area contributed by atoms with Crippen LogP contribution in [0.3, 0.4) is 0 Å². The molecule has 2 heterocycles. The van der Waals surface area contributed by atoms with Crippen LogP contribution in [-0.4, -0.2) is 78.2 Å². The van der Waals surface area contributed by atoms with Crippen molar-refractivity contribution in [1.82, 2.24) is 14.7 Å². The predicted octanol–water partition coefficient (Wildman–Crippen LogP) is 6.18. The lowest BCUT2D eigenvalue weighted by molar-refractivity contribution is -0.136. The summed E-state index contributed by atoms with van der Waals surface area (Å²) in [5, 5.41) is 0.765. The predicted molar refractivity (Wildman–Crippen MR) is 172 cm³/mol. The number of nitrogens with zero attached hydrogens (tertiary/aromatic N) is 3. The Balaban J connectivity index is 1.08. The van der Waals surface area contributed by atoms with Crippen molar-refractivity contribution in [3.8, 4) is 11.1 Å². The molecule has 2 N–H and O–H groups in total. The molecule has 2 aliphatic heterocycles. The van der Waals surface area contributed by atoms with Gasteiger partial charge in [-0.3, -0.25) is 9.69 Å². The SMILES string of the molecule is CCSc1cccc(F)c1CN1CCN(C(=O)[C@H](N)C2CCN(CCc3cc(Cl)ccc3-c3ccccc3)CC2)CC1. The zero-order valence-corrected chi connectivity index (χ0v) is 26.1. The molecule has 3 aromatic carbocycles. The van der Waals surface area contributed by atoms with Crippen LogP contribution in [0.1, 0.15) is 30.9 Å². The minimum absolute atomic E-state index is 0.0626. The van der Waals surface area contributed by atoms with Crippen molar-refractivity contribution in [3.63, 3.8) is 0 Å². The van der Waals surface area contributed by atoms with E-state index >= 15 is 0 Å². The smallest absolute Gasteiger partial charge is 0.239 e. The van der Waals surface area contributed by atoms with E-state index in [2.05, 4.69) is 53.1 Å². The van der Waals surface area contributed by atoms with Crippen molar-refractivity contribution in [2.45, 2.75) is 43.7 Å². The number of piperazine rings is 1. The Bertz CT molecular complexity index is 1330. The molecule has 2 fully saturated rings. The monoisotopic (exact) mass is 608 g/mol. The molecule has 0 spiro atoms. The number of hydrogen-bond acceptors (Lipinski definition) is 5. The van der Waals surface area contributed by atoms with Gasteiger partial charge in [0.25, 0.3) is 0 Å². The molecular formula is C34H42ClFN4OS. The lowest BCUT2D eigenvalue weighted by Gasteiger charge is -2.39. The Kier molecular flexibility index (Phi) is 11.0. The number of carbonyl (C=O) groups excluding carboxylic acids is 1. The van der Waals surface area contributed by atoms with Crippen molar-refractivity contribution in [2.75, 3.05) is 51.6 Å². The maximum Gasteiger partial charge on any atom is 0.239 e. The maximum absolute atomic E-state index is 14.6. The van der Waals surface area contributed by atoms with Crippen LogP contribution in [0.25, 0.3) is 11.1 Å². The second-order valence-electron chi connectivity index (χ2n) is 11.4. The zero-order valence-electron chi connectivity index (χ0n) is 24.5. The highest BCUT2D eigenvalue weighted by Crippen LogP contribution is 2.29. The lowest BCUT2D eigenvalue weighted by atomic mass is 9.88. The number of benzene rings is 3. The first-order valence-corrected chi connectivity index (χ1v) is 16.5. The van der Waals surface area contributed by atoms with E-state index in [0.717, 1.165) is 73.2 Å². The first kappa shape index (κ1) is 31.0. The molecule has 0 bridgehead atoms. The van der Waals surface area contributed by atoms with Gasteiger partial charge in [-0.15, -0.1) is 11.8 Å². The van der Waals surface area contributed by atoms with Gasteiger partial charge in [-0.25, -0.2) is 4.39 Å². The largest absolute Gasteiger partial charge is 0.339 e. The summed E-state index contributed by atoms with van der Waals surface area (Å²) in [6.07, 6.45) is 2.79. The Labute approximate surface area is 259 Å². The molecular weight excluding hydrogens is 567 g/mol. The molecule has 2 aliphatic rings. The molecule has 8 heteroatoms. The van der Waals surface area contributed by atoms with Crippen LogP contribution in [0.15, 0.2) is 71.6 Å². The summed E-state index contributed by atoms with van der Waals surface area (Å²) < 4.78 is 14.6. The number of thioether (sulfide) groups is 1. The molecule has 5 nitrogen and oxygen atoms in total. The highest BCUT2D eigenvalue weighted by molar-refractivity contribution is 7.99. The number of piperidine rings is 1. The molecule has 2 saturated heterocycles. The van der Waals surface area contributed by atoms with Gasteiger partial charge in [0.1, 0.15) is 5.82 Å². The van der Waals surface area contributed by atoms with Gasteiger partial charge in [0.2, 0.25) is 5.91 Å². The number of carbonyl (C=O) groups is 1. The second-order valence-corrected chi connectivity index (χ2v) is 13.1. The molecule has 0 radical (unpaired) electrons. The third kappa shape index (κ3) is 7.74. The van der Waals surface area contributed by atoms with E-state index < -0.39 is 6.04 Å². The van der Waals surface area contributed by atoms with E-state index in [0.29, 0.717) is 19.6 Å². The van der Waals surface area contributed by atoms with E-state index in [4.69, 9.17) is 17.3 Å². The van der Waals surface area contributed by atoms with Gasteiger partial charge in [-0.1, -0.05) is 61.0 Å². The van der Waals surface area contributed by atoms with Crippen molar-refractivity contribution in [1.29, 1.82) is 0 Å². The third-order valence-electron chi connectivity index (χ3n) is 8.72. The Morgan fingerprint density at radius 2 is 1.71 bits per heavy atom. The second kappa shape index (κ2) is 14.8. The average molecular weight is 609 g/mol. The van der Waals surface area contributed by atoms with Gasteiger partial charge < -0.3 is 15.5 Å². The minimum Gasteiger partial charge on any atom is -0.339 e. The Morgan fingerprint density at radius 1 is 0.976 bits per heavy atom. The van der Waals surface area contributed by atoms with Crippen LogP contribution in [0.2, 0.25) is 5.02 Å². The van der Waals surface area contributed by atoms with Crippen LogP contribution < -0.4 is 5.73 Å². The summed E-state index contributed by atoms with van der Waals surface area (Å²) in [7, 11) is 0. The summed E-state index contributed by atoms with van der Waals surface area (Å²) in [6.45, 7) is 8.25. The number of rotatable bonds is 10. The molecule has 0 unspecified atom stereocenters. The minimum atomic E-state index is -0.463. The van der Waals surface area contributed by atoms with Crippen LogP contribution in [0.4, 0.5) is 4.39 Å². The van der Waals surface area contributed by atoms with Crippen molar-refractivity contribution >= 4 is 29.3 Å². The molecule has 5 rings (SSSR count). The van der Waals surface area contributed by atoms with Gasteiger partial charge in [-0.05, 0) is 85.0 Å². The molecule has 1 amide bonds. The molecule has 3 aromatic rings. The van der Waals surface area contributed by atoms with Crippen LogP contribution in [0, 0.1) is 11.7 Å². The fourth-order valence-electron chi connectivity index (χ4n) is 6.23. The quantitative estimate of drug-likeness (QED) is 0.279. The first-order valence-electron chi connectivity index (χ1n) is 15.2. The lowest BCUT2D eigenvalue weighted by Crippen LogP contribution is -2.55. The summed E-state index contributed by atoms with van der Waals surface area (Å²) in [5.74, 6) is 1.02. The fourth-order valence-corrected chi connectivity index (χ4v) is 7.24. The first-order chi connectivity index (χ1) is 20.4. The number of halogens is 2. The van der Waals surface area contributed by atoms with E-state index in [1.54, 1.807) is 23.9 Å². The maximum atomic E-state index is 14.6. The van der Waals surface area contributed by atoms with Crippen molar-refractivity contribution < 1.29 is 9.18 Å². The third-order valence-corrected chi connectivity index (χ3v) is 9.93. The van der Waals surface area contributed by atoms with Gasteiger partial charge in [0.05, 0.1) is 6.04 Å². The van der Waals surface area contributed by atoms with E-state index in [9.17, 15) is 9.18 Å². The summed E-state index contributed by atoms with van der Waals surface area (Å²) in [5.41, 5.74) is 11.0. The van der Waals surface area contributed by atoms with Gasteiger partial charge in [-0.2, -0.15) is 0 Å². The number of nitrogens with two attached hydrogens (primary N) is 1. The van der Waals surface area contributed by atoms with Crippen LogP contribution >= 0.6 is 23.4 Å². The van der Waals surface area contributed by atoms with Crippen molar-refractivity contribution in [3.05, 3.63) is 88.7 Å². The molecule has 42 heavy (non-hydrogen) atoms. The van der Waals surface area contributed by atoms with E-state index in [-0.39, 0.29) is 17.6 Å². The Morgan fingerprint density at radius 3 is 2.43 bits per heavy atom. The normalized spacial score (nSPS) is 17.9. The molecule has 1 atom stereocenters. The van der Waals surface area contributed by atoms with Crippen LogP contribution in [0.5, 0.6) is 0 Å². The summed E-state index contributed by atoms with van der Waals surface area (Å²) in [6, 6.07) is 21.5. The highest BCUT2D eigenvalue weighted by atomic mass is 35.5. The Hall–Kier alpha value is -2.42. The summed E-state index contributed by atoms with van der Waals surface area (Å²) in [4.78, 5) is 21.0. The molecule has 0 saturated carbocycles. The number of amides is 1. The van der Waals surface area contributed by atoms with E-state index in [1.807, 2.05) is 23.1 Å². The topological polar surface area (TPSA) is 52.8 Å². The fraction of sp³-hybridized carbons (Fsp3) is 0.441. The standard InChI is InChI=1S/C34H42ClFN4OS/c1-2-42-32-10-6-9-31(36)30(32)24-39-19-21-40(22-20-39)34(41)33(37)26-13-16-38(17-14-26)18-15-27-23-28(35)11-12-29(27)25-7-4-3-5-8-25/h3-12,23,26,33H,2,13-22,24,37H2,1H3/t33-/m1/s1. The van der Waals surface area contributed by atoms with Crippen LogP contribution in [-0.2, 0) is 17.8 Å². The van der Waals surface area contributed by atoms with Gasteiger partial charge >= 0.3 is 0 Å². The summed E-state index contributed by atoms with van der Waals surface area (Å²) >= 11 is 8.04. The van der Waals surface area contributed by atoms with Gasteiger partial charge in [0, 0.05) is 54.8 Å². The average Bonchev–Trinajstić information content (AvgIpc) is 3.02. The molecule has 0 aliphatic carbocycles. The zero-order chi connectivity index (χ0) is 29.5. The van der Waals surface area contributed by atoms with Gasteiger partial charge in [0.15, 0.2) is 0 Å². The number of hydrogen-bond donors (Lipinski definition) is 1. The highest BCUT2D eigenvalue weighted by Gasteiger charge is 2.33. The van der Waals surface area contributed by atoms with Crippen molar-refractivity contribution in [2.24, 2.45) is 11.7 Å². The molecule has 224 valence electrons. The van der Waals surface area contributed by atoms with E-state index in [1.165, 1.54) is 16.7 Å². The number of likely N-dealkylation sites (tertiary alicyclic amines) is 1.